The molecule has 0 heterocycles. The highest BCUT2D eigenvalue weighted by atomic mass is 16.6. The summed E-state index contributed by atoms with van der Waals surface area (Å²) in [5.74, 6) is 0.865. The standard InChI is InChI=1S/C19H30N2O2/c1-5-14-9-10-17(11-14)21-16-8-6-7-15(12-16)13-20-18(22)23-19(2,3)4/h6-8,12,14,17,21H,5,9-11,13H2,1-4H3,(H,20,22). The third kappa shape index (κ3) is 6.12. The van der Waals surface area contributed by atoms with Gasteiger partial charge in [-0.2, -0.15) is 0 Å². The first kappa shape index (κ1) is 17.6. The van der Waals surface area contributed by atoms with Crippen molar-refractivity contribution in [2.24, 2.45) is 5.92 Å². The molecule has 1 saturated carbocycles. The predicted molar refractivity (Wildman–Crippen MR) is 94.6 cm³/mol. The topological polar surface area (TPSA) is 50.4 Å². The second-order valence-electron chi connectivity index (χ2n) is 7.48. The maximum absolute atomic E-state index is 11.7. The van der Waals surface area contributed by atoms with Gasteiger partial charge in [-0.05, 0) is 63.6 Å². The second-order valence-corrected chi connectivity index (χ2v) is 7.48. The third-order valence-corrected chi connectivity index (χ3v) is 4.25. The predicted octanol–water partition coefficient (Wildman–Crippen LogP) is 4.70. The first-order chi connectivity index (χ1) is 10.9. The maximum Gasteiger partial charge on any atom is 0.407 e. The van der Waals surface area contributed by atoms with Crippen LogP contribution in [0.5, 0.6) is 0 Å². The van der Waals surface area contributed by atoms with Gasteiger partial charge >= 0.3 is 6.09 Å². The molecule has 2 N–H and O–H groups in total. The van der Waals surface area contributed by atoms with Gasteiger partial charge in [-0.15, -0.1) is 0 Å². The van der Waals surface area contributed by atoms with E-state index in [-0.39, 0.29) is 6.09 Å². The molecule has 2 atom stereocenters. The zero-order valence-electron chi connectivity index (χ0n) is 14.8. The van der Waals surface area contributed by atoms with Crippen LogP contribution >= 0.6 is 0 Å². The lowest BCUT2D eigenvalue weighted by atomic mass is 10.1. The van der Waals surface area contributed by atoms with E-state index in [4.69, 9.17) is 4.74 Å². The minimum atomic E-state index is -0.466. The molecule has 2 unspecified atom stereocenters. The molecule has 1 amide bonds. The van der Waals surface area contributed by atoms with Gasteiger partial charge in [0.25, 0.3) is 0 Å². The largest absolute Gasteiger partial charge is 0.444 e. The normalized spacial score (nSPS) is 21.0. The highest BCUT2D eigenvalue weighted by molar-refractivity contribution is 5.67. The van der Waals surface area contributed by atoms with Crippen molar-refractivity contribution in [3.63, 3.8) is 0 Å². The molecular weight excluding hydrogens is 288 g/mol. The molecule has 4 nitrogen and oxygen atoms in total. The second kappa shape index (κ2) is 7.71. The Kier molecular flexibility index (Phi) is 5.91. The molecule has 0 spiro atoms. The molecule has 0 aliphatic heterocycles. The average Bonchev–Trinajstić information content (AvgIpc) is 2.91. The molecule has 128 valence electrons. The Morgan fingerprint density at radius 1 is 1.30 bits per heavy atom. The van der Waals surface area contributed by atoms with Crippen molar-refractivity contribution in [1.82, 2.24) is 5.32 Å². The van der Waals surface area contributed by atoms with Gasteiger partial charge in [0, 0.05) is 18.3 Å². The quantitative estimate of drug-likeness (QED) is 0.827. The zero-order valence-corrected chi connectivity index (χ0v) is 14.8. The fourth-order valence-corrected chi connectivity index (χ4v) is 3.07. The number of rotatable bonds is 5. The van der Waals surface area contributed by atoms with Crippen molar-refractivity contribution in [3.8, 4) is 0 Å². The van der Waals surface area contributed by atoms with E-state index in [9.17, 15) is 4.79 Å². The van der Waals surface area contributed by atoms with Crippen molar-refractivity contribution in [2.75, 3.05) is 5.32 Å². The SMILES string of the molecule is CCC1CCC(Nc2cccc(CNC(=O)OC(C)(C)C)c2)C1. The van der Waals surface area contributed by atoms with E-state index < -0.39 is 5.60 Å². The van der Waals surface area contributed by atoms with Crippen LogP contribution in [-0.2, 0) is 11.3 Å². The first-order valence-corrected chi connectivity index (χ1v) is 8.68. The van der Waals surface area contributed by atoms with E-state index in [1.165, 1.54) is 25.7 Å². The van der Waals surface area contributed by atoms with E-state index in [1.54, 1.807) is 0 Å². The Balaban J connectivity index is 1.84. The number of hydrogen-bond donors (Lipinski definition) is 2. The summed E-state index contributed by atoms with van der Waals surface area (Å²) in [4.78, 5) is 11.7. The van der Waals surface area contributed by atoms with Crippen molar-refractivity contribution in [3.05, 3.63) is 29.8 Å². The summed E-state index contributed by atoms with van der Waals surface area (Å²) in [6, 6.07) is 8.83. The van der Waals surface area contributed by atoms with Crippen LogP contribution in [0.15, 0.2) is 24.3 Å². The van der Waals surface area contributed by atoms with E-state index in [2.05, 4.69) is 29.7 Å². The molecule has 0 bridgehead atoms. The minimum absolute atomic E-state index is 0.377. The number of hydrogen-bond acceptors (Lipinski definition) is 3. The summed E-state index contributed by atoms with van der Waals surface area (Å²) < 4.78 is 5.26. The number of ether oxygens (including phenoxy) is 1. The first-order valence-electron chi connectivity index (χ1n) is 8.68. The van der Waals surface area contributed by atoms with Crippen molar-refractivity contribution in [2.45, 2.75) is 71.6 Å². The summed E-state index contributed by atoms with van der Waals surface area (Å²) in [5.41, 5.74) is 1.74. The van der Waals surface area contributed by atoms with Crippen LogP contribution in [0.2, 0.25) is 0 Å². The highest BCUT2D eigenvalue weighted by Crippen LogP contribution is 2.30. The van der Waals surface area contributed by atoms with Crippen LogP contribution in [0.4, 0.5) is 10.5 Å². The Morgan fingerprint density at radius 3 is 2.74 bits per heavy atom. The monoisotopic (exact) mass is 318 g/mol. The van der Waals surface area contributed by atoms with E-state index in [0.29, 0.717) is 12.6 Å². The van der Waals surface area contributed by atoms with Crippen molar-refractivity contribution >= 4 is 11.8 Å². The van der Waals surface area contributed by atoms with Crippen molar-refractivity contribution in [1.29, 1.82) is 0 Å². The Hall–Kier alpha value is -1.71. The fraction of sp³-hybridized carbons (Fsp3) is 0.632. The van der Waals surface area contributed by atoms with Crippen LogP contribution in [0.25, 0.3) is 0 Å². The number of nitrogens with one attached hydrogen (secondary N) is 2. The van der Waals surface area contributed by atoms with E-state index in [1.807, 2.05) is 32.9 Å². The Labute approximate surface area is 140 Å². The smallest absolute Gasteiger partial charge is 0.407 e. The number of carbonyl (C=O) groups excluding carboxylic acids is 1. The maximum atomic E-state index is 11.7. The van der Waals surface area contributed by atoms with Gasteiger partial charge in [0.2, 0.25) is 0 Å². The summed E-state index contributed by atoms with van der Waals surface area (Å²) in [6.07, 6.45) is 4.74. The van der Waals surface area contributed by atoms with Gasteiger partial charge in [-0.3, -0.25) is 0 Å². The molecule has 1 aromatic carbocycles. The number of alkyl carbamates (subject to hydrolysis) is 1. The molecule has 0 saturated heterocycles. The molecule has 2 rings (SSSR count). The summed E-state index contributed by atoms with van der Waals surface area (Å²) in [6.45, 7) is 8.34. The molecule has 1 aliphatic carbocycles. The van der Waals surface area contributed by atoms with E-state index >= 15 is 0 Å². The van der Waals surface area contributed by atoms with Crippen LogP contribution < -0.4 is 10.6 Å². The van der Waals surface area contributed by atoms with Gasteiger partial charge in [-0.1, -0.05) is 25.5 Å². The lowest BCUT2D eigenvalue weighted by molar-refractivity contribution is 0.0523. The summed E-state index contributed by atoms with van der Waals surface area (Å²) >= 11 is 0. The molecule has 1 aliphatic rings. The van der Waals surface area contributed by atoms with Gasteiger partial charge in [0.1, 0.15) is 5.60 Å². The molecule has 1 aromatic rings. The van der Waals surface area contributed by atoms with Crippen LogP contribution in [0, 0.1) is 5.92 Å². The summed E-state index contributed by atoms with van der Waals surface area (Å²) in [5, 5.41) is 6.43. The molecule has 4 heteroatoms. The Morgan fingerprint density at radius 2 is 2.09 bits per heavy atom. The Bertz CT molecular complexity index is 522. The lowest BCUT2D eigenvalue weighted by Gasteiger charge is -2.20. The zero-order chi connectivity index (χ0) is 16.9. The molecule has 1 fully saturated rings. The van der Waals surface area contributed by atoms with Crippen LogP contribution in [-0.4, -0.2) is 17.7 Å². The molecule has 0 radical (unpaired) electrons. The lowest BCUT2D eigenvalue weighted by Crippen LogP contribution is -2.32. The van der Waals surface area contributed by atoms with Gasteiger partial charge in [0.05, 0.1) is 0 Å². The van der Waals surface area contributed by atoms with E-state index in [0.717, 1.165) is 17.2 Å². The summed E-state index contributed by atoms with van der Waals surface area (Å²) in [7, 11) is 0. The van der Waals surface area contributed by atoms with Crippen LogP contribution in [0.1, 0.15) is 58.9 Å². The molecular formula is C19H30N2O2. The van der Waals surface area contributed by atoms with Gasteiger partial charge in [0.15, 0.2) is 0 Å². The fourth-order valence-electron chi connectivity index (χ4n) is 3.07. The van der Waals surface area contributed by atoms with Crippen LogP contribution in [0.3, 0.4) is 0 Å². The third-order valence-electron chi connectivity index (χ3n) is 4.25. The molecule has 23 heavy (non-hydrogen) atoms. The van der Waals surface area contributed by atoms with Gasteiger partial charge < -0.3 is 15.4 Å². The highest BCUT2D eigenvalue weighted by Gasteiger charge is 2.23. The van der Waals surface area contributed by atoms with Gasteiger partial charge in [-0.25, -0.2) is 4.79 Å². The van der Waals surface area contributed by atoms with Crippen molar-refractivity contribution < 1.29 is 9.53 Å². The number of anilines is 1. The number of carbonyl (C=O) groups is 1. The molecule has 0 aromatic heterocycles. The average molecular weight is 318 g/mol. The number of amides is 1. The number of benzene rings is 1. The minimum Gasteiger partial charge on any atom is -0.444 e.